The van der Waals surface area contributed by atoms with Crippen LogP contribution in [-0.4, -0.2) is 30.5 Å². The van der Waals surface area contributed by atoms with E-state index in [0.717, 1.165) is 22.4 Å². The van der Waals surface area contributed by atoms with Gasteiger partial charge >= 0.3 is 0 Å². The molecule has 0 saturated heterocycles. The molecule has 5 heteroatoms. The van der Waals surface area contributed by atoms with Crippen LogP contribution in [0.25, 0.3) is 0 Å². The molecule has 1 rings (SSSR count). The lowest BCUT2D eigenvalue weighted by atomic mass is 10.6. The third kappa shape index (κ3) is 4.61. The summed E-state index contributed by atoms with van der Waals surface area (Å²) in [4.78, 5) is 4.33. The maximum Gasteiger partial charge on any atom is 0.150 e. The average Bonchev–Trinajstić information content (AvgIpc) is 2.51. The van der Waals surface area contributed by atoms with Crippen LogP contribution in [0.3, 0.4) is 0 Å². The predicted octanol–water partition coefficient (Wildman–Crippen LogP) is 1.52. The van der Waals surface area contributed by atoms with Gasteiger partial charge in [-0.1, -0.05) is 11.8 Å². The number of aromatic nitrogens is 1. The predicted molar refractivity (Wildman–Crippen MR) is 57.4 cm³/mol. The molecule has 0 amide bonds. The first-order chi connectivity index (χ1) is 6.33. The van der Waals surface area contributed by atoms with E-state index in [2.05, 4.69) is 10.4 Å². The van der Waals surface area contributed by atoms with E-state index < -0.39 is 0 Å². The smallest absolute Gasteiger partial charge is 0.150 e. The van der Waals surface area contributed by atoms with Gasteiger partial charge in [0.05, 0.1) is 13.2 Å². The third-order valence-corrected chi connectivity index (χ3v) is 3.42. The second-order valence-corrected chi connectivity index (χ2v) is 4.70. The zero-order valence-corrected chi connectivity index (χ0v) is 9.29. The summed E-state index contributed by atoms with van der Waals surface area (Å²) in [7, 11) is 0. The first-order valence-corrected chi connectivity index (χ1v) is 6.02. The van der Waals surface area contributed by atoms with Gasteiger partial charge in [0.25, 0.3) is 0 Å². The fourth-order valence-corrected chi connectivity index (χ4v) is 2.54. The fraction of sp³-hybridized carbons (Fsp3) is 0.625. The SMILES string of the molecule is Cc1csc(SCCOCCN)n1. The molecule has 0 atom stereocenters. The lowest BCUT2D eigenvalue weighted by Gasteiger charge is -1.99. The van der Waals surface area contributed by atoms with Crippen LogP contribution in [0.5, 0.6) is 0 Å². The van der Waals surface area contributed by atoms with Gasteiger partial charge in [-0.2, -0.15) is 0 Å². The third-order valence-electron chi connectivity index (χ3n) is 1.31. The van der Waals surface area contributed by atoms with Crippen molar-refractivity contribution in [1.29, 1.82) is 0 Å². The fourth-order valence-electron chi connectivity index (χ4n) is 0.772. The minimum Gasteiger partial charge on any atom is -0.379 e. The first kappa shape index (κ1) is 11.0. The molecular weight excluding hydrogens is 204 g/mol. The van der Waals surface area contributed by atoms with Crippen LogP contribution >= 0.6 is 23.1 Å². The molecule has 1 aromatic rings. The Morgan fingerprint density at radius 3 is 3.08 bits per heavy atom. The monoisotopic (exact) mass is 218 g/mol. The van der Waals surface area contributed by atoms with E-state index in [-0.39, 0.29) is 0 Å². The normalized spacial score (nSPS) is 10.6. The number of hydrogen-bond donors (Lipinski definition) is 1. The number of rotatable bonds is 6. The van der Waals surface area contributed by atoms with Crippen LogP contribution in [0.15, 0.2) is 9.72 Å². The minimum absolute atomic E-state index is 0.598. The van der Waals surface area contributed by atoms with Crippen molar-refractivity contribution in [3.8, 4) is 0 Å². The molecular formula is C8H14N2OS2. The summed E-state index contributed by atoms with van der Waals surface area (Å²) in [5.74, 6) is 0.951. The van der Waals surface area contributed by atoms with E-state index in [1.165, 1.54) is 0 Å². The highest BCUT2D eigenvalue weighted by Gasteiger charge is 1.98. The van der Waals surface area contributed by atoms with Crippen molar-refractivity contribution >= 4 is 23.1 Å². The van der Waals surface area contributed by atoms with Gasteiger partial charge in [0.2, 0.25) is 0 Å². The van der Waals surface area contributed by atoms with E-state index in [4.69, 9.17) is 10.5 Å². The van der Waals surface area contributed by atoms with Gasteiger partial charge in [0, 0.05) is 23.4 Å². The molecule has 1 aromatic heterocycles. The maximum atomic E-state index is 5.28. The highest BCUT2D eigenvalue weighted by atomic mass is 32.2. The molecule has 13 heavy (non-hydrogen) atoms. The summed E-state index contributed by atoms with van der Waals surface area (Å²) in [6.45, 7) is 4.00. The van der Waals surface area contributed by atoms with Crippen LogP contribution in [0, 0.1) is 6.92 Å². The highest BCUT2D eigenvalue weighted by Crippen LogP contribution is 2.21. The van der Waals surface area contributed by atoms with Crippen molar-refractivity contribution in [1.82, 2.24) is 4.98 Å². The molecule has 0 fully saturated rings. The molecule has 0 aliphatic carbocycles. The Morgan fingerprint density at radius 2 is 2.46 bits per heavy atom. The van der Waals surface area contributed by atoms with Crippen LogP contribution < -0.4 is 5.73 Å². The average molecular weight is 218 g/mol. The van der Waals surface area contributed by atoms with Crippen molar-refractivity contribution in [3.05, 3.63) is 11.1 Å². The van der Waals surface area contributed by atoms with Crippen LogP contribution in [0.2, 0.25) is 0 Å². The van der Waals surface area contributed by atoms with E-state index in [1.807, 2.05) is 6.92 Å². The Kier molecular flexibility index (Phi) is 5.38. The Labute approximate surface area is 86.7 Å². The van der Waals surface area contributed by atoms with Crippen molar-refractivity contribution in [2.75, 3.05) is 25.5 Å². The quantitative estimate of drug-likeness (QED) is 0.581. The first-order valence-electron chi connectivity index (χ1n) is 4.15. The second kappa shape index (κ2) is 6.37. The number of nitrogens with two attached hydrogens (primary N) is 1. The van der Waals surface area contributed by atoms with Crippen molar-refractivity contribution in [3.63, 3.8) is 0 Å². The Balaban J connectivity index is 2.06. The summed E-state index contributed by atoms with van der Waals surface area (Å²) >= 11 is 3.42. The molecule has 1 heterocycles. The number of nitrogens with zero attached hydrogens (tertiary/aromatic N) is 1. The van der Waals surface area contributed by atoms with Gasteiger partial charge < -0.3 is 10.5 Å². The topological polar surface area (TPSA) is 48.1 Å². The molecule has 0 aliphatic heterocycles. The number of hydrogen-bond acceptors (Lipinski definition) is 5. The zero-order valence-electron chi connectivity index (χ0n) is 7.66. The van der Waals surface area contributed by atoms with Crippen molar-refractivity contribution in [2.24, 2.45) is 5.73 Å². The molecule has 0 bridgehead atoms. The standard InChI is InChI=1S/C8H14N2OS2/c1-7-6-13-8(10-7)12-5-4-11-3-2-9/h6H,2-5,9H2,1H3. The van der Waals surface area contributed by atoms with Gasteiger partial charge in [0.15, 0.2) is 0 Å². The number of thioether (sulfide) groups is 1. The van der Waals surface area contributed by atoms with E-state index >= 15 is 0 Å². The molecule has 74 valence electrons. The Morgan fingerprint density at radius 1 is 1.62 bits per heavy atom. The number of aryl methyl sites for hydroxylation is 1. The lowest BCUT2D eigenvalue weighted by molar-refractivity contribution is 0.158. The van der Waals surface area contributed by atoms with Crippen LogP contribution in [0.1, 0.15) is 5.69 Å². The van der Waals surface area contributed by atoms with Crippen molar-refractivity contribution in [2.45, 2.75) is 11.3 Å². The molecule has 0 radical (unpaired) electrons. The summed E-state index contributed by atoms with van der Waals surface area (Å²) in [6, 6.07) is 0. The van der Waals surface area contributed by atoms with E-state index in [0.29, 0.717) is 13.2 Å². The maximum absolute atomic E-state index is 5.28. The summed E-state index contributed by atoms with van der Waals surface area (Å²) in [6.07, 6.45) is 0. The molecule has 0 aliphatic rings. The summed E-state index contributed by atoms with van der Waals surface area (Å²) < 4.78 is 6.36. The van der Waals surface area contributed by atoms with Gasteiger partial charge in [-0.3, -0.25) is 0 Å². The van der Waals surface area contributed by atoms with Gasteiger partial charge in [0.1, 0.15) is 4.34 Å². The Hall–Kier alpha value is -0.100. The molecule has 3 nitrogen and oxygen atoms in total. The molecule has 2 N–H and O–H groups in total. The lowest BCUT2D eigenvalue weighted by Crippen LogP contribution is -2.09. The Bertz CT molecular complexity index is 240. The van der Waals surface area contributed by atoms with Crippen LogP contribution in [0.4, 0.5) is 0 Å². The van der Waals surface area contributed by atoms with E-state index in [1.54, 1.807) is 23.1 Å². The molecule has 0 aromatic carbocycles. The summed E-state index contributed by atoms with van der Waals surface area (Å²) in [5.41, 5.74) is 6.38. The van der Waals surface area contributed by atoms with Gasteiger partial charge in [-0.15, -0.1) is 11.3 Å². The van der Waals surface area contributed by atoms with Gasteiger partial charge in [-0.25, -0.2) is 4.98 Å². The number of thiazole rings is 1. The zero-order chi connectivity index (χ0) is 9.52. The van der Waals surface area contributed by atoms with Gasteiger partial charge in [-0.05, 0) is 6.92 Å². The van der Waals surface area contributed by atoms with E-state index in [9.17, 15) is 0 Å². The van der Waals surface area contributed by atoms with Crippen molar-refractivity contribution < 1.29 is 4.74 Å². The summed E-state index contributed by atoms with van der Waals surface area (Å²) in [5, 5.41) is 2.06. The molecule has 0 saturated carbocycles. The molecule has 0 unspecified atom stereocenters. The highest BCUT2D eigenvalue weighted by molar-refractivity contribution is 8.01. The minimum atomic E-state index is 0.598. The number of ether oxygens (including phenoxy) is 1. The largest absolute Gasteiger partial charge is 0.379 e. The second-order valence-electron chi connectivity index (χ2n) is 2.50. The van der Waals surface area contributed by atoms with Crippen LogP contribution in [-0.2, 0) is 4.74 Å². The molecule has 0 spiro atoms.